The van der Waals surface area contributed by atoms with Crippen molar-refractivity contribution < 1.29 is 14.6 Å². The third-order valence-corrected chi connectivity index (χ3v) is 2.97. The molecule has 1 rings (SSSR count). The second kappa shape index (κ2) is 7.84. The molecule has 1 aromatic carbocycles. The Hall–Kier alpha value is -0.490. The van der Waals surface area contributed by atoms with E-state index in [2.05, 4.69) is 15.9 Å². The Kier molecular flexibility index (Phi) is 7.62. The van der Waals surface area contributed by atoms with Crippen LogP contribution in [0.15, 0.2) is 16.6 Å². The van der Waals surface area contributed by atoms with Gasteiger partial charge in [-0.3, -0.25) is 4.79 Å². The predicted octanol–water partition coefficient (Wildman–Crippen LogP) is 3.18. The van der Waals surface area contributed by atoms with Gasteiger partial charge in [-0.1, -0.05) is 11.6 Å². The normalized spacial score (nSPS) is 11.6. The molecule has 0 amide bonds. The van der Waals surface area contributed by atoms with Crippen molar-refractivity contribution in [2.75, 3.05) is 6.61 Å². The topological polar surface area (TPSA) is 72.5 Å². The summed E-state index contributed by atoms with van der Waals surface area (Å²) in [5, 5.41) is 10.2. The molecule has 1 atom stereocenters. The first-order chi connectivity index (χ1) is 7.95. The number of hydrogen-bond acceptors (Lipinski definition) is 4. The van der Waals surface area contributed by atoms with Crippen molar-refractivity contribution in [3.8, 4) is 5.75 Å². The molecule has 0 saturated heterocycles. The maximum absolute atomic E-state index is 11.3. The van der Waals surface area contributed by atoms with Gasteiger partial charge in [0.2, 0.25) is 0 Å². The van der Waals surface area contributed by atoms with Crippen LogP contribution in [0.5, 0.6) is 5.75 Å². The van der Waals surface area contributed by atoms with E-state index < -0.39 is 12.0 Å². The summed E-state index contributed by atoms with van der Waals surface area (Å²) in [7, 11) is 0. The van der Waals surface area contributed by atoms with Crippen LogP contribution in [-0.2, 0) is 9.53 Å². The molecule has 0 aliphatic heterocycles. The Balaban J connectivity index is 0.00000289. The maximum Gasteiger partial charge on any atom is 0.307 e. The Bertz CT molecular complexity index is 429. The molecule has 0 bridgehead atoms. The van der Waals surface area contributed by atoms with Crippen LogP contribution in [0.2, 0.25) is 5.02 Å². The SMILES string of the molecule is CCOC(=O)CC(N)c1cc(Cl)cc(Br)c1O.Cl. The molecule has 0 fully saturated rings. The van der Waals surface area contributed by atoms with Gasteiger partial charge in [-0.05, 0) is 35.0 Å². The van der Waals surface area contributed by atoms with Crippen LogP contribution in [0.4, 0.5) is 0 Å². The summed E-state index contributed by atoms with van der Waals surface area (Å²) >= 11 is 9.01. The van der Waals surface area contributed by atoms with Gasteiger partial charge in [0.05, 0.1) is 17.5 Å². The highest BCUT2D eigenvalue weighted by Crippen LogP contribution is 2.35. The van der Waals surface area contributed by atoms with Crippen LogP contribution < -0.4 is 5.73 Å². The van der Waals surface area contributed by atoms with Gasteiger partial charge in [0.25, 0.3) is 0 Å². The zero-order valence-electron chi connectivity index (χ0n) is 9.65. The minimum Gasteiger partial charge on any atom is -0.506 e. The van der Waals surface area contributed by atoms with E-state index in [-0.39, 0.29) is 24.6 Å². The summed E-state index contributed by atoms with van der Waals surface area (Å²) in [5.74, 6) is -0.415. The number of hydrogen-bond donors (Lipinski definition) is 2. The van der Waals surface area contributed by atoms with Crippen LogP contribution in [0.3, 0.4) is 0 Å². The lowest BCUT2D eigenvalue weighted by Crippen LogP contribution is -2.17. The Labute approximate surface area is 125 Å². The van der Waals surface area contributed by atoms with E-state index >= 15 is 0 Å². The minimum atomic E-state index is -0.649. The standard InChI is InChI=1S/C11H13BrClNO3.ClH/c1-2-17-10(15)5-9(14)7-3-6(13)4-8(12)11(7)16;/h3-4,9,16H,2,5,14H2,1H3;1H. The molecule has 0 saturated carbocycles. The van der Waals surface area contributed by atoms with E-state index in [1.165, 1.54) is 6.07 Å². The molecular weight excluding hydrogens is 345 g/mol. The molecule has 1 aromatic rings. The number of benzene rings is 1. The number of phenols is 1. The van der Waals surface area contributed by atoms with E-state index in [4.69, 9.17) is 22.1 Å². The Morgan fingerprint density at radius 2 is 2.22 bits per heavy atom. The van der Waals surface area contributed by atoms with Crippen molar-refractivity contribution in [3.63, 3.8) is 0 Å². The smallest absolute Gasteiger partial charge is 0.307 e. The third kappa shape index (κ3) is 4.65. The van der Waals surface area contributed by atoms with Gasteiger partial charge in [0.1, 0.15) is 5.75 Å². The summed E-state index contributed by atoms with van der Waals surface area (Å²) < 4.78 is 5.23. The molecule has 102 valence electrons. The largest absolute Gasteiger partial charge is 0.506 e. The van der Waals surface area contributed by atoms with Gasteiger partial charge in [-0.25, -0.2) is 0 Å². The van der Waals surface area contributed by atoms with E-state index in [1.54, 1.807) is 13.0 Å². The molecule has 18 heavy (non-hydrogen) atoms. The molecule has 3 N–H and O–H groups in total. The van der Waals surface area contributed by atoms with Crippen LogP contribution in [0.1, 0.15) is 24.9 Å². The number of rotatable bonds is 4. The molecule has 0 heterocycles. The fraction of sp³-hybridized carbons (Fsp3) is 0.364. The summed E-state index contributed by atoms with van der Waals surface area (Å²) in [6, 6.07) is 2.44. The quantitative estimate of drug-likeness (QED) is 0.810. The second-order valence-electron chi connectivity index (χ2n) is 3.44. The molecule has 7 heteroatoms. The maximum atomic E-state index is 11.3. The highest BCUT2D eigenvalue weighted by molar-refractivity contribution is 9.10. The van der Waals surface area contributed by atoms with Crippen LogP contribution in [-0.4, -0.2) is 17.7 Å². The molecular formula is C11H14BrCl2NO3. The average Bonchev–Trinajstić information content (AvgIpc) is 2.23. The lowest BCUT2D eigenvalue weighted by molar-refractivity contribution is -0.143. The van der Waals surface area contributed by atoms with E-state index in [0.717, 1.165) is 0 Å². The fourth-order valence-electron chi connectivity index (χ4n) is 1.38. The summed E-state index contributed by atoms with van der Waals surface area (Å²) in [6.45, 7) is 2.02. The first-order valence-electron chi connectivity index (χ1n) is 5.04. The summed E-state index contributed by atoms with van der Waals surface area (Å²) in [5.41, 5.74) is 6.24. The third-order valence-electron chi connectivity index (χ3n) is 2.15. The number of esters is 1. The van der Waals surface area contributed by atoms with Crippen molar-refractivity contribution in [1.29, 1.82) is 0 Å². The second-order valence-corrected chi connectivity index (χ2v) is 4.73. The number of carbonyl (C=O) groups excluding carboxylic acids is 1. The first kappa shape index (κ1) is 17.5. The van der Waals surface area contributed by atoms with Crippen molar-refractivity contribution in [2.24, 2.45) is 5.73 Å². The summed E-state index contributed by atoms with van der Waals surface area (Å²) in [6.07, 6.45) is -0.00577. The van der Waals surface area contributed by atoms with Crippen molar-refractivity contribution in [2.45, 2.75) is 19.4 Å². The van der Waals surface area contributed by atoms with Crippen molar-refractivity contribution in [3.05, 3.63) is 27.2 Å². The molecule has 4 nitrogen and oxygen atoms in total. The van der Waals surface area contributed by atoms with Gasteiger partial charge in [0.15, 0.2) is 0 Å². The van der Waals surface area contributed by atoms with Gasteiger partial charge < -0.3 is 15.6 Å². The van der Waals surface area contributed by atoms with Crippen LogP contribution in [0.25, 0.3) is 0 Å². The first-order valence-corrected chi connectivity index (χ1v) is 6.22. The Morgan fingerprint density at radius 3 is 2.78 bits per heavy atom. The number of phenolic OH excluding ortho intramolecular Hbond substituents is 1. The van der Waals surface area contributed by atoms with E-state index in [9.17, 15) is 9.90 Å². The average molecular weight is 359 g/mol. The predicted molar refractivity (Wildman–Crippen MR) is 76.2 cm³/mol. The van der Waals surface area contributed by atoms with Gasteiger partial charge in [0, 0.05) is 16.6 Å². The van der Waals surface area contributed by atoms with Gasteiger partial charge >= 0.3 is 5.97 Å². The highest BCUT2D eigenvalue weighted by Gasteiger charge is 2.18. The lowest BCUT2D eigenvalue weighted by atomic mass is 10.0. The van der Waals surface area contributed by atoms with Crippen LogP contribution >= 0.6 is 39.9 Å². The number of halogens is 3. The molecule has 0 aliphatic rings. The molecule has 0 radical (unpaired) electrons. The van der Waals surface area contributed by atoms with E-state index in [1.807, 2.05) is 0 Å². The van der Waals surface area contributed by atoms with Gasteiger partial charge in [-0.15, -0.1) is 12.4 Å². The molecule has 1 unspecified atom stereocenters. The monoisotopic (exact) mass is 357 g/mol. The Morgan fingerprint density at radius 1 is 1.61 bits per heavy atom. The van der Waals surface area contributed by atoms with Crippen molar-refractivity contribution in [1.82, 2.24) is 0 Å². The van der Waals surface area contributed by atoms with Gasteiger partial charge in [-0.2, -0.15) is 0 Å². The number of nitrogens with two attached hydrogens (primary N) is 1. The lowest BCUT2D eigenvalue weighted by Gasteiger charge is -2.14. The highest BCUT2D eigenvalue weighted by atomic mass is 79.9. The van der Waals surface area contributed by atoms with Crippen molar-refractivity contribution >= 4 is 45.9 Å². The molecule has 0 aliphatic carbocycles. The minimum absolute atomic E-state index is 0. The number of carbonyl (C=O) groups is 1. The summed E-state index contributed by atoms with van der Waals surface area (Å²) in [4.78, 5) is 11.3. The molecule has 0 spiro atoms. The van der Waals surface area contributed by atoms with E-state index in [0.29, 0.717) is 21.7 Å². The molecule has 0 aromatic heterocycles. The zero-order chi connectivity index (χ0) is 13.0. The zero-order valence-corrected chi connectivity index (χ0v) is 12.8. The van der Waals surface area contributed by atoms with Crippen LogP contribution in [0, 0.1) is 0 Å². The fourth-order valence-corrected chi connectivity index (χ4v) is 2.21. The number of aromatic hydroxyl groups is 1. The number of ether oxygens (including phenoxy) is 1.